The third kappa shape index (κ3) is 1.85. The number of rotatable bonds is 4. The van der Waals surface area contributed by atoms with Crippen LogP contribution < -0.4 is 0 Å². The van der Waals surface area contributed by atoms with E-state index in [0.29, 0.717) is 0 Å². The molecule has 6 heteroatoms. The summed E-state index contributed by atoms with van der Waals surface area (Å²) in [5, 5.41) is 0. The molecule has 0 radical (unpaired) electrons. The molecule has 0 unspecified atom stereocenters. The van der Waals surface area contributed by atoms with Crippen LogP contribution in [0.1, 0.15) is 39.5 Å². The molecule has 2 atom stereocenters. The molecule has 0 aromatic rings. The smallest absolute Gasteiger partial charge is 0.320 e. The van der Waals surface area contributed by atoms with Crippen LogP contribution in [-0.4, -0.2) is 36.7 Å². The van der Waals surface area contributed by atoms with Gasteiger partial charge in [0.25, 0.3) is 0 Å². The van der Waals surface area contributed by atoms with Gasteiger partial charge in [-0.1, -0.05) is 0 Å². The molecule has 0 spiro atoms. The lowest BCUT2D eigenvalue weighted by molar-refractivity contribution is -0.184. The van der Waals surface area contributed by atoms with Crippen molar-refractivity contribution in [1.29, 1.82) is 0 Å². The van der Waals surface area contributed by atoms with Crippen LogP contribution in [0.15, 0.2) is 0 Å². The summed E-state index contributed by atoms with van der Waals surface area (Å²) >= 11 is 0. The maximum absolute atomic E-state index is 12.3. The van der Waals surface area contributed by atoms with E-state index in [0.717, 1.165) is 0 Å². The summed E-state index contributed by atoms with van der Waals surface area (Å²) in [5.41, 5.74) is -2.75. The van der Waals surface area contributed by atoms with Gasteiger partial charge in [-0.2, -0.15) is 0 Å². The van der Waals surface area contributed by atoms with E-state index in [1.165, 1.54) is 0 Å². The molecule has 0 amide bonds. The van der Waals surface area contributed by atoms with E-state index in [-0.39, 0.29) is 50.5 Å². The summed E-state index contributed by atoms with van der Waals surface area (Å²) in [6.45, 7) is 3.61. The number of carbonyl (C=O) groups excluding carboxylic acids is 4. The van der Waals surface area contributed by atoms with E-state index in [2.05, 4.69) is 0 Å². The average Bonchev–Trinajstić information content (AvgIpc) is 2.41. The van der Waals surface area contributed by atoms with Gasteiger partial charge in [0.1, 0.15) is 10.8 Å². The van der Waals surface area contributed by atoms with Crippen molar-refractivity contribution in [3.05, 3.63) is 0 Å². The Morgan fingerprint density at radius 3 is 1.50 bits per heavy atom. The van der Waals surface area contributed by atoms with Crippen molar-refractivity contribution in [3.8, 4) is 0 Å². The molecule has 3 fully saturated rings. The maximum Gasteiger partial charge on any atom is 0.320 e. The van der Waals surface area contributed by atoms with Crippen LogP contribution in [0.25, 0.3) is 0 Å². The summed E-state index contributed by atoms with van der Waals surface area (Å²) in [4.78, 5) is 48.6. The van der Waals surface area contributed by atoms with Crippen molar-refractivity contribution < 1.29 is 28.7 Å². The number of hydrogen-bond donors (Lipinski definition) is 0. The van der Waals surface area contributed by atoms with Crippen molar-refractivity contribution in [2.24, 2.45) is 10.8 Å². The zero-order chi connectivity index (χ0) is 15.0. The van der Waals surface area contributed by atoms with Gasteiger partial charge in [-0.15, -0.1) is 0 Å². The minimum absolute atomic E-state index is 0.158. The minimum atomic E-state index is -1.37. The second-order valence-electron chi connectivity index (χ2n) is 5.31. The van der Waals surface area contributed by atoms with Crippen LogP contribution in [0, 0.1) is 10.8 Å². The number of ether oxygens (including phenoxy) is 2. The van der Waals surface area contributed by atoms with Gasteiger partial charge in [-0.25, -0.2) is 0 Å². The number of fused-ring (bicyclic) bond motifs is 3. The standard InChI is InChI=1S/C14H18O6/c1-3-19-11(17)13-5-6-14(8-9(13)15,10(16)7-13)12(18)20-4-2/h3-8H2,1-2H3/t13-,14-/m0/s1. The van der Waals surface area contributed by atoms with Gasteiger partial charge in [-0.05, 0) is 26.7 Å². The van der Waals surface area contributed by atoms with Gasteiger partial charge in [0, 0.05) is 12.8 Å². The van der Waals surface area contributed by atoms with Crippen molar-refractivity contribution in [2.75, 3.05) is 13.2 Å². The van der Waals surface area contributed by atoms with Crippen LogP contribution in [-0.2, 0) is 28.7 Å². The van der Waals surface area contributed by atoms with Crippen molar-refractivity contribution >= 4 is 23.5 Å². The highest BCUT2D eigenvalue weighted by molar-refractivity contribution is 6.19. The SMILES string of the molecule is CCOC(=O)[C@]12CC[C@](C(=O)OCC)(CC1=O)C(=O)C2. The summed E-state index contributed by atoms with van der Waals surface area (Å²) in [6, 6.07) is 0. The quantitative estimate of drug-likeness (QED) is 0.560. The summed E-state index contributed by atoms with van der Waals surface area (Å²) in [5.74, 6) is -2.05. The van der Waals surface area contributed by atoms with Crippen molar-refractivity contribution in [3.63, 3.8) is 0 Å². The normalized spacial score (nSPS) is 32.1. The van der Waals surface area contributed by atoms with E-state index in [9.17, 15) is 19.2 Å². The molecule has 0 N–H and O–H groups in total. The van der Waals surface area contributed by atoms with Gasteiger partial charge in [0.2, 0.25) is 0 Å². The molecule has 0 aromatic heterocycles. The zero-order valence-corrected chi connectivity index (χ0v) is 11.7. The van der Waals surface area contributed by atoms with E-state index >= 15 is 0 Å². The van der Waals surface area contributed by atoms with Crippen molar-refractivity contribution in [1.82, 2.24) is 0 Å². The van der Waals surface area contributed by atoms with Gasteiger partial charge in [0.15, 0.2) is 11.6 Å². The topological polar surface area (TPSA) is 86.7 Å². The van der Waals surface area contributed by atoms with Gasteiger partial charge >= 0.3 is 11.9 Å². The average molecular weight is 282 g/mol. The Labute approximate surface area is 116 Å². The predicted molar refractivity (Wildman–Crippen MR) is 66.6 cm³/mol. The molecular formula is C14H18O6. The summed E-state index contributed by atoms with van der Waals surface area (Å²) in [6.07, 6.45) is -0.141. The molecule has 20 heavy (non-hydrogen) atoms. The van der Waals surface area contributed by atoms with E-state index in [4.69, 9.17) is 9.47 Å². The van der Waals surface area contributed by atoms with Gasteiger partial charge in [-0.3, -0.25) is 19.2 Å². The molecule has 0 saturated heterocycles. The van der Waals surface area contributed by atoms with Gasteiger partial charge in [0.05, 0.1) is 13.2 Å². The first-order valence-electron chi connectivity index (χ1n) is 6.84. The molecule has 3 aliphatic rings. The highest BCUT2D eigenvalue weighted by Crippen LogP contribution is 2.53. The molecule has 0 heterocycles. The number of carbonyl (C=O) groups is 4. The molecule has 6 nitrogen and oxygen atoms in total. The Morgan fingerprint density at radius 2 is 1.25 bits per heavy atom. The van der Waals surface area contributed by atoms with Crippen LogP contribution in [0.2, 0.25) is 0 Å². The predicted octanol–water partition coefficient (Wildman–Crippen LogP) is 0.811. The molecule has 3 saturated carbocycles. The Morgan fingerprint density at radius 1 is 0.900 bits per heavy atom. The Hall–Kier alpha value is -1.72. The summed E-state index contributed by atoms with van der Waals surface area (Å²) in [7, 11) is 0. The first kappa shape index (κ1) is 14.7. The molecule has 0 aliphatic heterocycles. The lowest BCUT2D eigenvalue weighted by atomic mass is 9.52. The Balaban J connectivity index is 2.30. The van der Waals surface area contributed by atoms with Crippen LogP contribution in [0.5, 0.6) is 0 Å². The fourth-order valence-electron chi connectivity index (χ4n) is 3.08. The maximum atomic E-state index is 12.3. The van der Waals surface area contributed by atoms with Gasteiger partial charge < -0.3 is 9.47 Å². The third-order valence-corrected chi connectivity index (χ3v) is 4.30. The fraction of sp³-hybridized carbons (Fsp3) is 0.714. The molecule has 0 aromatic carbocycles. The minimum Gasteiger partial charge on any atom is -0.465 e. The molecule has 110 valence electrons. The first-order valence-corrected chi connectivity index (χ1v) is 6.84. The molecular weight excluding hydrogens is 264 g/mol. The van der Waals surface area contributed by atoms with E-state index in [1.54, 1.807) is 13.8 Å². The Kier molecular flexibility index (Phi) is 3.67. The number of Topliss-reactive ketones (excluding diaryl/α,β-unsaturated/α-hetero) is 2. The van der Waals surface area contributed by atoms with Crippen LogP contribution >= 0.6 is 0 Å². The van der Waals surface area contributed by atoms with E-state index in [1.807, 2.05) is 0 Å². The van der Waals surface area contributed by atoms with Crippen LogP contribution in [0.3, 0.4) is 0 Å². The zero-order valence-electron chi connectivity index (χ0n) is 11.7. The lowest BCUT2D eigenvalue weighted by Gasteiger charge is -2.47. The van der Waals surface area contributed by atoms with E-state index < -0.39 is 22.8 Å². The fourth-order valence-corrected chi connectivity index (χ4v) is 3.08. The van der Waals surface area contributed by atoms with Crippen molar-refractivity contribution in [2.45, 2.75) is 39.5 Å². The van der Waals surface area contributed by atoms with Crippen LogP contribution in [0.4, 0.5) is 0 Å². The molecule has 3 rings (SSSR count). The largest absolute Gasteiger partial charge is 0.465 e. The number of ketones is 2. The lowest BCUT2D eigenvalue weighted by Crippen LogP contribution is -2.60. The molecule has 3 aliphatic carbocycles. The highest BCUT2D eigenvalue weighted by atomic mass is 16.5. The monoisotopic (exact) mass is 282 g/mol. The molecule has 2 bridgehead atoms. The second kappa shape index (κ2) is 5.00. The second-order valence-corrected chi connectivity index (χ2v) is 5.31. The Bertz CT molecular complexity index is 438. The number of esters is 2. The summed E-state index contributed by atoms with van der Waals surface area (Å²) < 4.78 is 9.86. The first-order chi connectivity index (χ1) is 9.43. The highest BCUT2D eigenvalue weighted by Gasteiger charge is 2.66. The number of hydrogen-bond acceptors (Lipinski definition) is 6. The third-order valence-electron chi connectivity index (χ3n) is 4.30.